The van der Waals surface area contributed by atoms with Gasteiger partial charge in [-0.05, 0) is 24.3 Å². The molecule has 96 valence electrons. The summed E-state index contributed by atoms with van der Waals surface area (Å²) >= 11 is 1.66. The summed E-state index contributed by atoms with van der Waals surface area (Å²) in [6.07, 6.45) is 1.82. The SMILES string of the molecule is CNc1ccnc(CSc2nc3ccccc3[nH]2)c1. The number of fused-ring (bicyclic) bond motifs is 1. The summed E-state index contributed by atoms with van der Waals surface area (Å²) in [6.45, 7) is 0. The van der Waals surface area contributed by atoms with Crippen LogP contribution in [0.4, 0.5) is 5.69 Å². The Bertz CT molecular complexity index is 659. The molecule has 5 heteroatoms. The van der Waals surface area contributed by atoms with Gasteiger partial charge in [-0.25, -0.2) is 4.98 Å². The first-order chi connectivity index (χ1) is 9.35. The molecule has 2 N–H and O–H groups in total. The number of H-pyrrole nitrogens is 1. The van der Waals surface area contributed by atoms with E-state index in [1.807, 2.05) is 43.6 Å². The number of benzene rings is 1. The van der Waals surface area contributed by atoms with Gasteiger partial charge in [0.1, 0.15) is 0 Å². The molecule has 4 nitrogen and oxygen atoms in total. The van der Waals surface area contributed by atoms with Crippen molar-refractivity contribution in [1.82, 2.24) is 15.0 Å². The zero-order chi connectivity index (χ0) is 13.1. The molecule has 0 unspecified atom stereocenters. The molecular weight excluding hydrogens is 256 g/mol. The average Bonchev–Trinajstić information content (AvgIpc) is 2.88. The minimum atomic E-state index is 0.801. The molecule has 0 aliphatic carbocycles. The number of nitrogens with zero attached hydrogens (tertiary/aromatic N) is 2. The summed E-state index contributed by atoms with van der Waals surface area (Å²) in [5, 5.41) is 4.04. The second-order valence-electron chi connectivity index (χ2n) is 4.13. The van der Waals surface area contributed by atoms with Crippen molar-refractivity contribution in [2.24, 2.45) is 0 Å². The molecule has 0 atom stereocenters. The van der Waals surface area contributed by atoms with E-state index in [-0.39, 0.29) is 0 Å². The van der Waals surface area contributed by atoms with Crippen LogP contribution < -0.4 is 5.32 Å². The molecule has 0 spiro atoms. The highest BCUT2D eigenvalue weighted by Crippen LogP contribution is 2.22. The van der Waals surface area contributed by atoms with Gasteiger partial charge in [0.05, 0.1) is 16.7 Å². The molecule has 1 aromatic carbocycles. The number of nitrogens with one attached hydrogen (secondary N) is 2. The molecule has 0 aliphatic rings. The van der Waals surface area contributed by atoms with Gasteiger partial charge >= 0.3 is 0 Å². The Morgan fingerprint density at radius 2 is 2.16 bits per heavy atom. The molecule has 3 rings (SSSR count). The van der Waals surface area contributed by atoms with E-state index in [9.17, 15) is 0 Å². The van der Waals surface area contributed by atoms with Crippen molar-refractivity contribution < 1.29 is 0 Å². The van der Waals surface area contributed by atoms with Gasteiger partial charge in [-0.2, -0.15) is 0 Å². The third kappa shape index (κ3) is 2.71. The molecule has 19 heavy (non-hydrogen) atoms. The number of aromatic nitrogens is 3. The molecule has 0 radical (unpaired) electrons. The van der Waals surface area contributed by atoms with Crippen LogP contribution in [0.25, 0.3) is 11.0 Å². The molecule has 0 bridgehead atoms. The van der Waals surface area contributed by atoms with Crippen LogP contribution in [0.15, 0.2) is 47.8 Å². The van der Waals surface area contributed by atoms with Crippen molar-refractivity contribution in [2.45, 2.75) is 10.9 Å². The van der Waals surface area contributed by atoms with E-state index in [4.69, 9.17) is 0 Å². The zero-order valence-corrected chi connectivity index (χ0v) is 11.4. The maximum atomic E-state index is 4.53. The van der Waals surface area contributed by atoms with Gasteiger partial charge in [-0.15, -0.1) is 0 Å². The second kappa shape index (κ2) is 5.32. The van der Waals surface area contributed by atoms with Crippen LogP contribution in [0, 0.1) is 0 Å². The maximum Gasteiger partial charge on any atom is 0.166 e. The number of rotatable bonds is 4. The van der Waals surface area contributed by atoms with Gasteiger partial charge in [0, 0.05) is 24.7 Å². The van der Waals surface area contributed by atoms with E-state index < -0.39 is 0 Å². The van der Waals surface area contributed by atoms with E-state index >= 15 is 0 Å². The Labute approximate surface area is 115 Å². The molecule has 0 amide bonds. The lowest BCUT2D eigenvalue weighted by atomic mass is 10.3. The summed E-state index contributed by atoms with van der Waals surface area (Å²) in [5.41, 5.74) is 4.19. The Kier molecular flexibility index (Phi) is 3.37. The molecule has 0 aliphatic heterocycles. The Balaban J connectivity index is 1.74. The van der Waals surface area contributed by atoms with Crippen molar-refractivity contribution in [1.29, 1.82) is 0 Å². The molecule has 2 heterocycles. The van der Waals surface area contributed by atoms with Crippen LogP contribution in [0.1, 0.15) is 5.69 Å². The lowest BCUT2D eigenvalue weighted by Crippen LogP contribution is -1.92. The standard InChI is InChI=1S/C14H14N4S/c1-15-10-6-7-16-11(8-10)9-19-14-17-12-4-2-3-5-13(12)18-14/h2-8H,9H2,1H3,(H,15,16)(H,17,18). The predicted octanol–water partition coefficient (Wildman–Crippen LogP) is 3.29. The molecule has 0 saturated heterocycles. The van der Waals surface area contributed by atoms with E-state index in [0.29, 0.717) is 0 Å². The van der Waals surface area contributed by atoms with Crippen LogP contribution in [0.2, 0.25) is 0 Å². The predicted molar refractivity (Wildman–Crippen MR) is 79.4 cm³/mol. The van der Waals surface area contributed by atoms with Crippen LogP contribution in [-0.4, -0.2) is 22.0 Å². The molecule has 0 saturated carbocycles. The summed E-state index contributed by atoms with van der Waals surface area (Å²) < 4.78 is 0. The number of para-hydroxylation sites is 2. The Morgan fingerprint density at radius 1 is 1.26 bits per heavy atom. The van der Waals surface area contributed by atoms with Gasteiger partial charge in [0.15, 0.2) is 5.16 Å². The first kappa shape index (κ1) is 12.0. The first-order valence-corrected chi connectivity index (χ1v) is 7.04. The number of hydrogen-bond donors (Lipinski definition) is 2. The molecule has 0 fully saturated rings. The summed E-state index contributed by atoms with van der Waals surface area (Å²) in [7, 11) is 1.91. The monoisotopic (exact) mass is 270 g/mol. The van der Waals surface area contributed by atoms with Crippen LogP contribution >= 0.6 is 11.8 Å². The van der Waals surface area contributed by atoms with Gasteiger partial charge in [0.2, 0.25) is 0 Å². The minimum absolute atomic E-state index is 0.801. The van der Waals surface area contributed by atoms with E-state index in [1.54, 1.807) is 11.8 Å². The van der Waals surface area contributed by atoms with Crippen molar-refractivity contribution in [3.63, 3.8) is 0 Å². The number of anilines is 1. The normalized spacial score (nSPS) is 10.8. The summed E-state index contributed by atoms with van der Waals surface area (Å²) in [4.78, 5) is 12.2. The largest absolute Gasteiger partial charge is 0.388 e. The van der Waals surface area contributed by atoms with Crippen LogP contribution in [-0.2, 0) is 5.75 Å². The van der Waals surface area contributed by atoms with Gasteiger partial charge in [0.25, 0.3) is 0 Å². The highest BCUT2D eigenvalue weighted by molar-refractivity contribution is 7.98. The smallest absolute Gasteiger partial charge is 0.166 e. The van der Waals surface area contributed by atoms with E-state index in [0.717, 1.165) is 33.3 Å². The van der Waals surface area contributed by atoms with Crippen molar-refractivity contribution >= 4 is 28.5 Å². The van der Waals surface area contributed by atoms with Gasteiger partial charge < -0.3 is 10.3 Å². The fourth-order valence-corrected chi connectivity index (χ4v) is 2.64. The summed E-state index contributed by atoms with van der Waals surface area (Å²) in [5.74, 6) is 0.801. The molecule has 3 aromatic rings. The van der Waals surface area contributed by atoms with Crippen LogP contribution in [0.5, 0.6) is 0 Å². The third-order valence-corrected chi connectivity index (χ3v) is 3.74. The number of aromatic amines is 1. The van der Waals surface area contributed by atoms with E-state index in [2.05, 4.69) is 26.3 Å². The number of hydrogen-bond acceptors (Lipinski definition) is 4. The third-order valence-electron chi connectivity index (χ3n) is 2.83. The second-order valence-corrected chi connectivity index (χ2v) is 5.10. The highest BCUT2D eigenvalue weighted by atomic mass is 32.2. The average molecular weight is 270 g/mol. The molecular formula is C14H14N4S. The lowest BCUT2D eigenvalue weighted by Gasteiger charge is -2.02. The quantitative estimate of drug-likeness (QED) is 0.714. The number of imidazole rings is 1. The Hall–Kier alpha value is -2.01. The highest BCUT2D eigenvalue weighted by Gasteiger charge is 2.04. The van der Waals surface area contributed by atoms with E-state index in [1.165, 1.54) is 0 Å². The van der Waals surface area contributed by atoms with Gasteiger partial charge in [-0.1, -0.05) is 23.9 Å². The topological polar surface area (TPSA) is 53.6 Å². The lowest BCUT2D eigenvalue weighted by molar-refractivity contribution is 1.07. The van der Waals surface area contributed by atoms with Crippen LogP contribution in [0.3, 0.4) is 0 Å². The first-order valence-electron chi connectivity index (χ1n) is 6.05. The van der Waals surface area contributed by atoms with Crippen molar-refractivity contribution in [3.05, 3.63) is 48.3 Å². The number of pyridine rings is 1. The summed E-state index contributed by atoms with van der Waals surface area (Å²) in [6, 6.07) is 12.1. The zero-order valence-electron chi connectivity index (χ0n) is 10.6. The molecule has 2 aromatic heterocycles. The van der Waals surface area contributed by atoms with Crippen molar-refractivity contribution in [3.8, 4) is 0 Å². The van der Waals surface area contributed by atoms with Crippen molar-refractivity contribution in [2.75, 3.05) is 12.4 Å². The maximum absolute atomic E-state index is 4.53. The Morgan fingerprint density at radius 3 is 3.00 bits per heavy atom. The minimum Gasteiger partial charge on any atom is -0.388 e. The van der Waals surface area contributed by atoms with Gasteiger partial charge in [-0.3, -0.25) is 4.98 Å². The fourth-order valence-electron chi connectivity index (χ4n) is 1.85. The fraction of sp³-hybridized carbons (Fsp3) is 0.143. The number of thioether (sulfide) groups is 1.